The molecule has 0 spiro atoms. The minimum absolute atomic E-state index is 0.0173. The summed E-state index contributed by atoms with van der Waals surface area (Å²) in [6, 6.07) is 15.6. The Morgan fingerprint density at radius 2 is 1.83 bits per heavy atom. The van der Waals surface area contributed by atoms with Crippen molar-refractivity contribution in [1.29, 1.82) is 0 Å². The lowest BCUT2D eigenvalue weighted by Gasteiger charge is -2.18. The van der Waals surface area contributed by atoms with Gasteiger partial charge in [-0.15, -0.1) is 0 Å². The molecule has 2 rings (SSSR count). The van der Waals surface area contributed by atoms with E-state index >= 15 is 0 Å². The zero-order valence-corrected chi connectivity index (χ0v) is 18.4. The van der Waals surface area contributed by atoms with Crippen molar-refractivity contribution < 1.29 is 14.3 Å². The van der Waals surface area contributed by atoms with Crippen molar-refractivity contribution in [2.75, 3.05) is 34.3 Å². The first-order valence-electron chi connectivity index (χ1n) is 9.97. The lowest BCUT2D eigenvalue weighted by atomic mass is 10.2. The van der Waals surface area contributed by atoms with Gasteiger partial charge in [-0.25, -0.2) is 0 Å². The number of likely N-dealkylation sites (N-methyl/N-ethyl adjacent to an activating group) is 1. The van der Waals surface area contributed by atoms with Gasteiger partial charge in [0, 0.05) is 27.7 Å². The molecule has 30 heavy (non-hydrogen) atoms. The molecule has 7 nitrogen and oxygen atoms in total. The lowest BCUT2D eigenvalue weighted by Crippen LogP contribution is -2.41. The highest BCUT2D eigenvalue weighted by Gasteiger charge is 2.07. The first kappa shape index (κ1) is 23.1. The summed E-state index contributed by atoms with van der Waals surface area (Å²) in [5, 5.41) is 6.55. The highest BCUT2D eigenvalue weighted by molar-refractivity contribution is 5.79. The molecular formula is C23H32N4O3. The molecule has 0 aromatic heterocycles. The standard InChI is InChI=1S/C23H32N4O3/c1-17-8-6-11-21(12-17)30-18(2)14-25-23(24-3)26-15-19-9-7-10-20(13-19)29-16-22(28)27(4)5/h6-13,18H,14-16H2,1-5H3,(H2,24,25,26). The molecule has 2 aromatic carbocycles. The second-order valence-electron chi connectivity index (χ2n) is 7.28. The van der Waals surface area contributed by atoms with Crippen LogP contribution in [0.3, 0.4) is 0 Å². The third-order valence-electron chi connectivity index (χ3n) is 4.33. The molecule has 1 unspecified atom stereocenters. The van der Waals surface area contributed by atoms with Crippen LogP contribution < -0.4 is 20.1 Å². The summed E-state index contributed by atoms with van der Waals surface area (Å²) in [4.78, 5) is 17.4. The zero-order valence-electron chi connectivity index (χ0n) is 18.4. The number of nitrogens with zero attached hydrogens (tertiary/aromatic N) is 2. The largest absolute Gasteiger partial charge is 0.489 e. The minimum Gasteiger partial charge on any atom is -0.489 e. The van der Waals surface area contributed by atoms with Crippen molar-refractivity contribution in [3.8, 4) is 11.5 Å². The van der Waals surface area contributed by atoms with Crippen molar-refractivity contribution in [2.24, 2.45) is 4.99 Å². The Labute approximate surface area is 179 Å². The van der Waals surface area contributed by atoms with Crippen LogP contribution in [0.2, 0.25) is 0 Å². The number of hydrogen-bond donors (Lipinski definition) is 2. The first-order valence-corrected chi connectivity index (χ1v) is 9.97. The maximum absolute atomic E-state index is 11.7. The van der Waals surface area contributed by atoms with Gasteiger partial charge in [0.25, 0.3) is 5.91 Å². The Bertz CT molecular complexity index is 852. The Morgan fingerprint density at radius 1 is 1.10 bits per heavy atom. The number of hydrogen-bond acceptors (Lipinski definition) is 4. The molecule has 0 bridgehead atoms. The Kier molecular flexibility index (Phi) is 9.00. The van der Waals surface area contributed by atoms with Crippen LogP contribution in [0.25, 0.3) is 0 Å². The highest BCUT2D eigenvalue weighted by atomic mass is 16.5. The summed E-state index contributed by atoms with van der Waals surface area (Å²) in [5.41, 5.74) is 2.19. The van der Waals surface area contributed by atoms with E-state index in [0.717, 1.165) is 11.3 Å². The number of ether oxygens (including phenoxy) is 2. The summed E-state index contributed by atoms with van der Waals surface area (Å²) < 4.78 is 11.5. The van der Waals surface area contributed by atoms with E-state index in [1.807, 2.05) is 62.4 Å². The number of carbonyl (C=O) groups excluding carboxylic acids is 1. The molecular weight excluding hydrogens is 380 g/mol. The maximum atomic E-state index is 11.7. The molecule has 0 fully saturated rings. The number of nitrogens with one attached hydrogen (secondary N) is 2. The van der Waals surface area contributed by atoms with Crippen LogP contribution in [-0.2, 0) is 11.3 Å². The molecule has 0 aliphatic carbocycles. The van der Waals surface area contributed by atoms with Crippen LogP contribution in [0.4, 0.5) is 0 Å². The maximum Gasteiger partial charge on any atom is 0.259 e. The third kappa shape index (κ3) is 8.03. The number of rotatable bonds is 9. The number of amides is 1. The van der Waals surface area contributed by atoms with Gasteiger partial charge in [0.05, 0.1) is 6.54 Å². The third-order valence-corrected chi connectivity index (χ3v) is 4.33. The van der Waals surface area contributed by atoms with E-state index in [0.29, 0.717) is 24.8 Å². The lowest BCUT2D eigenvalue weighted by molar-refractivity contribution is -0.130. The first-order chi connectivity index (χ1) is 14.4. The fraction of sp³-hybridized carbons (Fsp3) is 0.391. The molecule has 0 saturated carbocycles. The molecule has 1 amide bonds. The number of carbonyl (C=O) groups is 1. The SMILES string of the molecule is CN=C(NCc1cccc(OCC(=O)N(C)C)c1)NCC(C)Oc1cccc(C)c1. The van der Waals surface area contributed by atoms with Gasteiger partial charge in [-0.3, -0.25) is 9.79 Å². The van der Waals surface area contributed by atoms with Crippen LogP contribution in [0, 0.1) is 6.92 Å². The normalized spacial score (nSPS) is 12.1. The van der Waals surface area contributed by atoms with Gasteiger partial charge < -0.3 is 25.0 Å². The molecule has 2 N–H and O–H groups in total. The summed E-state index contributed by atoms with van der Waals surface area (Å²) in [6.07, 6.45) is -0.0173. The fourth-order valence-corrected chi connectivity index (χ4v) is 2.63. The van der Waals surface area contributed by atoms with E-state index < -0.39 is 0 Å². The number of aliphatic imine (C=N–C) groups is 1. The molecule has 7 heteroatoms. The monoisotopic (exact) mass is 412 g/mol. The topological polar surface area (TPSA) is 75.2 Å². The molecule has 0 heterocycles. The van der Waals surface area contributed by atoms with Crippen molar-refractivity contribution in [3.63, 3.8) is 0 Å². The zero-order chi connectivity index (χ0) is 21.9. The Morgan fingerprint density at radius 3 is 2.53 bits per heavy atom. The molecule has 0 aliphatic rings. The minimum atomic E-state index is -0.0786. The second-order valence-corrected chi connectivity index (χ2v) is 7.28. The molecule has 2 aromatic rings. The predicted molar refractivity (Wildman–Crippen MR) is 120 cm³/mol. The second kappa shape index (κ2) is 11.7. The van der Waals surface area contributed by atoms with Gasteiger partial charge in [-0.05, 0) is 49.2 Å². The van der Waals surface area contributed by atoms with Gasteiger partial charge in [-0.2, -0.15) is 0 Å². The summed E-state index contributed by atoms with van der Waals surface area (Å²) in [5.74, 6) is 2.12. The average molecular weight is 413 g/mol. The van der Waals surface area contributed by atoms with Crippen molar-refractivity contribution in [2.45, 2.75) is 26.5 Å². The Balaban J connectivity index is 1.79. The van der Waals surface area contributed by atoms with Crippen molar-refractivity contribution in [3.05, 3.63) is 59.7 Å². The fourth-order valence-electron chi connectivity index (χ4n) is 2.63. The number of guanidine groups is 1. The van der Waals surface area contributed by atoms with Gasteiger partial charge in [-0.1, -0.05) is 24.3 Å². The molecule has 162 valence electrons. The van der Waals surface area contributed by atoms with Gasteiger partial charge in [0.15, 0.2) is 12.6 Å². The Hall–Kier alpha value is -3.22. The van der Waals surface area contributed by atoms with E-state index in [2.05, 4.69) is 15.6 Å². The van der Waals surface area contributed by atoms with Crippen LogP contribution >= 0.6 is 0 Å². The molecule has 0 radical (unpaired) electrons. The van der Waals surface area contributed by atoms with E-state index in [-0.39, 0.29) is 18.6 Å². The van der Waals surface area contributed by atoms with Crippen LogP contribution in [0.5, 0.6) is 11.5 Å². The quantitative estimate of drug-likeness (QED) is 0.489. The van der Waals surface area contributed by atoms with Crippen LogP contribution in [-0.4, -0.2) is 57.2 Å². The van der Waals surface area contributed by atoms with E-state index in [1.165, 1.54) is 10.5 Å². The summed E-state index contributed by atoms with van der Waals surface area (Å²) in [7, 11) is 5.14. The molecule has 1 atom stereocenters. The van der Waals surface area contributed by atoms with E-state index in [1.54, 1.807) is 21.1 Å². The van der Waals surface area contributed by atoms with Crippen LogP contribution in [0.15, 0.2) is 53.5 Å². The summed E-state index contributed by atoms with van der Waals surface area (Å²) >= 11 is 0. The van der Waals surface area contributed by atoms with E-state index in [4.69, 9.17) is 9.47 Å². The van der Waals surface area contributed by atoms with Crippen molar-refractivity contribution >= 4 is 11.9 Å². The summed E-state index contributed by atoms with van der Waals surface area (Å²) in [6.45, 7) is 5.26. The highest BCUT2D eigenvalue weighted by Crippen LogP contribution is 2.14. The number of benzene rings is 2. The van der Waals surface area contributed by atoms with Crippen molar-refractivity contribution in [1.82, 2.24) is 15.5 Å². The van der Waals surface area contributed by atoms with E-state index in [9.17, 15) is 4.79 Å². The van der Waals surface area contributed by atoms with Crippen LogP contribution in [0.1, 0.15) is 18.1 Å². The average Bonchev–Trinajstić information content (AvgIpc) is 2.72. The van der Waals surface area contributed by atoms with Gasteiger partial charge >= 0.3 is 0 Å². The molecule has 0 saturated heterocycles. The smallest absolute Gasteiger partial charge is 0.259 e. The number of aryl methyl sites for hydroxylation is 1. The predicted octanol–water partition coefficient (Wildman–Crippen LogP) is 2.59. The molecule has 0 aliphatic heterocycles. The van der Waals surface area contributed by atoms with Gasteiger partial charge in [0.2, 0.25) is 0 Å². The van der Waals surface area contributed by atoms with Gasteiger partial charge in [0.1, 0.15) is 17.6 Å².